The molecule has 1 unspecified atom stereocenters. The molecule has 0 radical (unpaired) electrons. The number of rotatable bonds is 6. The number of nitrogens with one attached hydrogen (secondary N) is 2. The van der Waals surface area contributed by atoms with E-state index in [0.29, 0.717) is 24.1 Å². The van der Waals surface area contributed by atoms with Crippen LogP contribution >= 0.6 is 0 Å². The summed E-state index contributed by atoms with van der Waals surface area (Å²) >= 11 is 0. The van der Waals surface area contributed by atoms with Crippen LogP contribution in [0.15, 0.2) is 36.4 Å². The van der Waals surface area contributed by atoms with Crippen LogP contribution in [-0.2, 0) is 27.0 Å². The number of carbonyl (C=O) groups excluding carboxylic acids is 3. The first-order chi connectivity index (χ1) is 15.9. The van der Waals surface area contributed by atoms with Gasteiger partial charge in [-0.2, -0.15) is 5.26 Å². The van der Waals surface area contributed by atoms with Gasteiger partial charge in [0.05, 0.1) is 11.6 Å². The van der Waals surface area contributed by atoms with Crippen molar-refractivity contribution >= 4 is 17.8 Å². The number of nitriles is 1. The molecule has 0 saturated carbocycles. The van der Waals surface area contributed by atoms with E-state index in [0.717, 1.165) is 4.90 Å². The molecule has 2 aromatic rings. The standard InChI is InChI=1S/C27H32N4O3/c1-17-13-21(26(3,4)5)14-18(2)22(17)11-12-29-23(32)16-31-24(33)27(6,30-25(31)34)20-9-7-19(15-28)8-10-20/h7-10,13-14H,11-12,16H2,1-6H3,(H,29,32)(H,30,34). The van der Waals surface area contributed by atoms with Gasteiger partial charge >= 0.3 is 6.03 Å². The van der Waals surface area contributed by atoms with Gasteiger partial charge < -0.3 is 10.6 Å². The van der Waals surface area contributed by atoms with Crippen molar-refractivity contribution in [3.05, 3.63) is 69.8 Å². The molecule has 1 heterocycles. The van der Waals surface area contributed by atoms with Crippen LogP contribution < -0.4 is 10.6 Å². The van der Waals surface area contributed by atoms with E-state index in [-0.39, 0.29) is 12.0 Å². The number of carbonyl (C=O) groups is 3. The first-order valence-corrected chi connectivity index (χ1v) is 11.4. The molecule has 3 rings (SSSR count). The zero-order chi connectivity index (χ0) is 25.3. The van der Waals surface area contributed by atoms with E-state index in [9.17, 15) is 14.4 Å². The molecule has 0 spiro atoms. The van der Waals surface area contributed by atoms with E-state index < -0.39 is 23.4 Å². The Hall–Kier alpha value is -3.66. The molecular formula is C27H32N4O3. The number of amides is 4. The van der Waals surface area contributed by atoms with Gasteiger partial charge in [-0.05, 0) is 72.6 Å². The molecule has 7 heteroatoms. The van der Waals surface area contributed by atoms with Crippen molar-refractivity contribution < 1.29 is 14.4 Å². The summed E-state index contributed by atoms with van der Waals surface area (Å²) in [4.78, 5) is 39.0. The van der Waals surface area contributed by atoms with Crippen molar-refractivity contribution in [3.8, 4) is 6.07 Å². The average molecular weight is 461 g/mol. The van der Waals surface area contributed by atoms with Crippen molar-refractivity contribution in [1.82, 2.24) is 15.5 Å². The van der Waals surface area contributed by atoms with Crippen molar-refractivity contribution in [1.29, 1.82) is 5.26 Å². The van der Waals surface area contributed by atoms with Gasteiger partial charge in [0, 0.05) is 6.54 Å². The van der Waals surface area contributed by atoms with Gasteiger partial charge in [0.15, 0.2) is 0 Å². The van der Waals surface area contributed by atoms with E-state index in [1.165, 1.54) is 22.3 Å². The molecule has 0 aromatic heterocycles. The number of nitrogens with zero attached hydrogens (tertiary/aromatic N) is 2. The lowest BCUT2D eigenvalue weighted by Crippen LogP contribution is -2.43. The van der Waals surface area contributed by atoms with E-state index in [1.807, 2.05) is 6.07 Å². The second-order valence-corrected chi connectivity index (χ2v) is 10.1. The lowest BCUT2D eigenvalue weighted by Gasteiger charge is -2.23. The highest BCUT2D eigenvalue weighted by molar-refractivity contribution is 6.09. The molecule has 1 aliphatic rings. The number of hydrogen-bond acceptors (Lipinski definition) is 4. The molecule has 4 amide bonds. The fraction of sp³-hybridized carbons (Fsp3) is 0.407. The van der Waals surface area contributed by atoms with Crippen LogP contribution in [0.4, 0.5) is 4.79 Å². The minimum Gasteiger partial charge on any atom is -0.354 e. The van der Waals surface area contributed by atoms with Gasteiger partial charge in [-0.15, -0.1) is 0 Å². The Morgan fingerprint density at radius 2 is 1.71 bits per heavy atom. The van der Waals surface area contributed by atoms with Crippen LogP contribution in [0.3, 0.4) is 0 Å². The molecule has 1 atom stereocenters. The van der Waals surface area contributed by atoms with Gasteiger partial charge in [0.2, 0.25) is 5.91 Å². The summed E-state index contributed by atoms with van der Waals surface area (Å²) in [5.41, 5.74) is 4.64. The van der Waals surface area contributed by atoms with Crippen LogP contribution in [0.5, 0.6) is 0 Å². The lowest BCUT2D eigenvalue weighted by molar-refractivity contribution is -0.134. The normalized spacial score (nSPS) is 18.0. The number of hydrogen-bond donors (Lipinski definition) is 2. The maximum absolute atomic E-state index is 13.0. The summed E-state index contributed by atoms with van der Waals surface area (Å²) in [5.74, 6) is -0.893. The molecule has 1 aliphatic heterocycles. The summed E-state index contributed by atoms with van der Waals surface area (Å²) in [6.07, 6.45) is 0.664. The van der Waals surface area contributed by atoms with E-state index in [2.05, 4.69) is 57.4 Å². The van der Waals surface area contributed by atoms with Crippen molar-refractivity contribution in [2.45, 2.75) is 58.9 Å². The Morgan fingerprint density at radius 1 is 1.12 bits per heavy atom. The predicted octanol–water partition coefficient (Wildman–Crippen LogP) is 3.60. The van der Waals surface area contributed by atoms with Gasteiger partial charge in [-0.25, -0.2) is 4.79 Å². The third-order valence-corrected chi connectivity index (χ3v) is 6.43. The van der Waals surface area contributed by atoms with Crippen LogP contribution in [0, 0.1) is 25.2 Å². The topological polar surface area (TPSA) is 102 Å². The second-order valence-electron chi connectivity index (χ2n) is 10.1. The van der Waals surface area contributed by atoms with Gasteiger partial charge in [-0.3, -0.25) is 14.5 Å². The summed E-state index contributed by atoms with van der Waals surface area (Å²) in [5, 5.41) is 14.5. The summed E-state index contributed by atoms with van der Waals surface area (Å²) in [6, 6.07) is 12.3. The predicted molar refractivity (Wildman–Crippen MR) is 130 cm³/mol. The first kappa shape index (κ1) is 25.0. The molecule has 1 fully saturated rings. The first-order valence-electron chi connectivity index (χ1n) is 11.4. The number of urea groups is 1. The highest BCUT2D eigenvalue weighted by Gasteiger charge is 2.49. The molecule has 34 heavy (non-hydrogen) atoms. The van der Waals surface area contributed by atoms with Gasteiger partial charge in [0.25, 0.3) is 5.91 Å². The number of benzene rings is 2. The molecule has 178 valence electrons. The molecule has 0 bridgehead atoms. The fourth-order valence-electron chi connectivity index (χ4n) is 4.26. The minimum atomic E-state index is -1.28. The molecule has 1 saturated heterocycles. The summed E-state index contributed by atoms with van der Waals surface area (Å²) < 4.78 is 0. The lowest BCUT2D eigenvalue weighted by atomic mass is 9.83. The van der Waals surface area contributed by atoms with Crippen molar-refractivity contribution in [3.63, 3.8) is 0 Å². The summed E-state index contributed by atoms with van der Waals surface area (Å²) in [7, 11) is 0. The van der Waals surface area contributed by atoms with Crippen LogP contribution in [0.25, 0.3) is 0 Å². The highest BCUT2D eigenvalue weighted by atomic mass is 16.2. The second kappa shape index (κ2) is 9.30. The zero-order valence-electron chi connectivity index (χ0n) is 20.7. The van der Waals surface area contributed by atoms with Crippen LogP contribution in [-0.4, -0.2) is 35.8 Å². The number of imide groups is 1. The molecule has 7 nitrogen and oxygen atoms in total. The molecule has 0 aliphatic carbocycles. The Bertz CT molecular complexity index is 1150. The van der Waals surface area contributed by atoms with Crippen molar-refractivity contribution in [2.24, 2.45) is 0 Å². The Kier molecular flexibility index (Phi) is 6.83. The van der Waals surface area contributed by atoms with Crippen LogP contribution in [0.1, 0.15) is 61.1 Å². The minimum absolute atomic E-state index is 0.0668. The van der Waals surface area contributed by atoms with E-state index >= 15 is 0 Å². The van der Waals surface area contributed by atoms with E-state index in [1.54, 1.807) is 31.2 Å². The largest absolute Gasteiger partial charge is 0.354 e. The third-order valence-electron chi connectivity index (χ3n) is 6.43. The Labute approximate surface area is 201 Å². The smallest absolute Gasteiger partial charge is 0.325 e. The molecule has 2 N–H and O–H groups in total. The highest BCUT2D eigenvalue weighted by Crippen LogP contribution is 2.29. The maximum Gasteiger partial charge on any atom is 0.325 e. The zero-order valence-corrected chi connectivity index (χ0v) is 20.7. The Morgan fingerprint density at radius 3 is 2.24 bits per heavy atom. The SMILES string of the molecule is Cc1cc(C(C)(C)C)cc(C)c1CCNC(=O)CN1C(=O)NC(C)(c2ccc(C#N)cc2)C1=O. The third kappa shape index (κ3) is 4.96. The molecule has 2 aromatic carbocycles. The number of aryl methyl sites for hydroxylation is 2. The average Bonchev–Trinajstić information content (AvgIpc) is 2.98. The fourth-order valence-corrected chi connectivity index (χ4v) is 4.26. The maximum atomic E-state index is 13.0. The van der Waals surface area contributed by atoms with E-state index in [4.69, 9.17) is 5.26 Å². The monoisotopic (exact) mass is 460 g/mol. The molecular weight excluding hydrogens is 428 g/mol. The quantitative estimate of drug-likeness (QED) is 0.643. The van der Waals surface area contributed by atoms with Gasteiger partial charge in [-0.1, -0.05) is 45.0 Å². The Balaban J connectivity index is 1.62. The summed E-state index contributed by atoms with van der Waals surface area (Å²) in [6.45, 7) is 12.4. The van der Waals surface area contributed by atoms with Crippen molar-refractivity contribution in [2.75, 3.05) is 13.1 Å². The van der Waals surface area contributed by atoms with Crippen LogP contribution in [0.2, 0.25) is 0 Å². The van der Waals surface area contributed by atoms with Gasteiger partial charge in [0.1, 0.15) is 12.1 Å².